The maximum atomic E-state index is 12.5. The third-order valence-electron chi connectivity index (χ3n) is 2.08. The topological polar surface area (TPSA) is 0 Å². The van der Waals surface area contributed by atoms with Crippen molar-refractivity contribution in [3.8, 4) is 0 Å². The van der Waals surface area contributed by atoms with Gasteiger partial charge >= 0.3 is 12.4 Å². The predicted octanol–water partition coefficient (Wildman–Crippen LogP) is 5.84. The van der Waals surface area contributed by atoms with Crippen LogP contribution in [0.15, 0.2) is 10.5 Å². The van der Waals surface area contributed by atoms with Crippen molar-refractivity contribution in [2.75, 3.05) is 0 Å². The van der Waals surface area contributed by atoms with Gasteiger partial charge in [0.05, 0.1) is 5.38 Å². The van der Waals surface area contributed by atoms with Gasteiger partial charge in [0.2, 0.25) is 0 Å². The van der Waals surface area contributed by atoms with Gasteiger partial charge in [-0.3, -0.25) is 0 Å². The summed E-state index contributed by atoms with van der Waals surface area (Å²) >= 11 is 9.12. The molecule has 0 aromatic carbocycles. The summed E-state index contributed by atoms with van der Waals surface area (Å²) in [7, 11) is 0. The van der Waals surface area contributed by atoms with E-state index in [9.17, 15) is 26.3 Å². The minimum absolute atomic E-state index is 0.156. The molecule has 0 aliphatic heterocycles. The highest BCUT2D eigenvalue weighted by Gasteiger charge is 2.60. The molecule has 0 N–H and O–H groups in total. The Morgan fingerprint density at radius 2 is 1.61 bits per heavy atom. The summed E-state index contributed by atoms with van der Waals surface area (Å²) in [6.45, 7) is 1.57. The Kier molecular flexibility index (Phi) is 4.66. The van der Waals surface area contributed by atoms with Crippen molar-refractivity contribution in [1.29, 1.82) is 0 Å². The molecule has 1 heterocycles. The highest BCUT2D eigenvalue weighted by molar-refractivity contribution is 9.10. The van der Waals surface area contributed by atoms with Crippen LogP contribution >= 0.6 is 38.9 Å². The molecule has 0 nitrogen and oxygen atoms in total. The van der Waals surface area contributed by atoms with Gasteiger partial charge in [0, 0.05) is 14.2 Å². The van der Waals surface area contributed by atoms with Gasteiger partial charge in [-0.2, -0.15) is 26.3 Å². The SMILES string of the molecule is Cc1cc(Br)c(C(Cl)C(C(F)(F)F)C(F)(F)F)s1. The Morgan fingerprint density at radius 1 is 1.17 bits per heavy atom. The first-order chi connectivity index (χ1) is 7.94. The Bertz CT molecular complexity index is 410. The van der Waals surface area contributed by atoms with Crippen molar-refractivity contribution >= 4 is 38.9 Å². The Morgan fingerprint density at radius 3 is 1.89 bits per heavy atom. The maximum Gasteiger partial charge on any atom is 0.402 e. The molecule has 0 amide bonds. The molecule has 0 spiro atoms. The van der Waals surface area contributed by atoms with Crippen molar-refractivity contribution in [2.24, 2.45) is 5.92 Å². The van der Waals surface area contributed by atoms with Crippen molar-refractivity contribution < 1.29 is 26.3 Å². The maximum absolute atomic E-state index is 12.5. The van der Waals surface area contributed by atoms with Crippen LogP contribution in [0.3, 0.4) is 0 Å². The summed E-state index contributed by atoms with van der Waals surface area (Å²) in [4.78, 5) is 0.402. The second kappa shape index (κ2) is 5.20. The van der Waals surface area contributed by atoms with Crippen LogP contribution in [0.5, 0.6) is 0 Å². The standard InChI is InChI=1S/C9H6BrClF6S/c1-3-2-4(10)6(18-3)5(11)7(8(12,13)14)9(15,16)17/h2,5,7H,1H3. The highest BCUT2D eigenvalue weighted by atomic mass is 79.9. The number of rotatable bonds is 2. The Hall–Kier alpha value is 0.0500. The number of halogens is 8. The predicted molar refractivity (Wildman–Crippen MR) is 61.0 cm³/mol. The van der Waals surface area contributed by atoms with E-state index < -0.39 is 23.6 Å². The minimum atomic E-state index is -5.44. The van der Waals surface area contributed by atoms with Crippen LogP contribution in [-0.4, -0.2) is 12.4 Å². The normalized spacial score (nSPS) is 15.2. The second-order valence-electron chi connectivity index (χ2n) is 3.53. The van der Waals surface area contributed by atoms with Gasteiger partial charge in [0.1, 0.15) is 0 Å². The second-order valence-corrected chi connectivity index (χ2v) is 6.14. The number of hydrogen-bond donors (Lipinski definition) is 0. The first-order valence-corrected chi connectivity index (χ1v) is 6.52. The lowest BCUT2D eigenvalue weighted by atomic mass is 10.0. The lowest BCUT2D eigenvalue weighted by Gasteiger charge is -2.26. The third-order valence-corrected chi connectivity index (χ3v) is 4.74. The highest BCUT2D eigenvalue weighted by Crippen LogP contribution is 2.51. The summed E-state index contributed by atoms with van der Waals surface area (Å²) in [6.07, 6.45) is -10.9. The van der Waals surface area contributed by atoms with Gasteiger partial charge in [-0.05, 0) is 28.9 Å². The molecule has 0 radical (unpaired) electrons. The van der Waals surface area contributed by atoms with Crippen molar-refractivity contribution in [3.63, 3.8) is 0 Å². The van der Waals surface area contributed by atoms with Crippen LogP contribution in [0, 0.1) is 12.8 Å². The van der Waals surface area contributed by atoms with Crippen molar-refractivity contribution in [3.05, 3.63) is 20.3 Å². The molecule has 18 heavy (non-hydrogen) atoms. The van der Waals surface area contributed by atoms with E-state index in [1.807, 2.05) is 0 Å². The number of hydrogen-bond acceptors (Lipinski definition) is 1. The van der Waals surface area contributed by atoms with E-state index in [0.29, 0.717) is 4.88 Å². The molecule has 1 aromatic heterocycles. The molecule has 0 fully saturated rings. The molecule has 0 saturated carbocycles. The van der Waals surface area contributed by atoms with Crippen LogP contribution in [0.2, 0.25) is 0 Å². The largest absolute Gasteiger partial charge is 0.402 e. The molecule has 1 unspecified atom stereocenters. The van der Waals surface area contributed by atoms with Crippen molar-refractivity contribution in [2.45, 2.75) is 24.7 Å². The lowest BCUT2D eigenvalue weighted by Crippen LogP contribution is -2.39. The van der Waals surface area contributed by atoms with E-state index in [1.165, 1.54) is 6.07 Å². The quantitative estimate of drug-likeness (QED) is 0.450. The number of thiophene rings is 1. The molecular weight excluding hydrogens is 370 g/mol. The van der Waals surface area contributed by atoms with Gasteiger partial charge < -0.3 is 0 Å². The molecule has 1 rings (SSSR count). The molecule has 0 saturated heterocycles. The van der Waals surface area contributed by atoms with Gasteiger partial charge in [0.15, 0.2) is 5.92 Å². The van der Waals surface area contributed by atoms with Gasteiger partial charge in [0.25, 0.3) is 0 Å². The smallest absolute Gasteiger partial charge is 0.170 e. The van der Waals surface area contributed by atoms with Gasteiger partial charge in [-0.15, -0.1) is 22.9 Å². The molecule has 1 atom stereocenters. The van der Waals surface area contributed by atoms with Crippen LogP contribution in [0.1, 0.15) is 15.1 Å². The third kappa shape index (κ3) is 3.54. The van der Waals surface area contributed by atoms with E-state index >= 15 is 0 Å². The van der Waals surface area contributed by atoms with Gasteiger partial charge in [-0.25, -0.2) is 0 Å². The monoisotopic (exact) mass is 374 g/mol. The number of aryl methyl sites for hydroxylation is 1. The van der Waals surface area contributed by atoms with E-state index in [1.54, 1.807) is 6.92 Å². The van der Waals surface area contributed by atoms with Crippen LogP contribution in [0.4, 0.5) is 26.3 Å². The lowest BCUT2D eigenvalue weighted by molar-refractivity contribution is -0.284. The fourth-order valence-electron chi connectivity index (χ4n) is 1.36. The molecule has 1 aromatic rings. The molecule has 0 aliphatic carbocycles. The van der Waals surface area contributed by atoms with E-state index in [2.05, 4.69) is 15.9 Å². The van der Waals surface area contributed by atoms with Crippen molar-refractivity contribution in [1.82, 2.24) is 0 Å². The zero-order valence-corrected chi connectivity index (χ0v) is 11.8. The molecular formula is C9H6BrClF6S. The average Bonchev–Trinajstić information content (AvgIpc) is 2.39. The molecule has 9 heteroatoms. The first-order valence-electron chi connectivity index (χ1n) is 4.48. The fourth-order valence-corrected chi connectivity index (χ4v) is 3.94. The van der Waals surface area contributed by atoms with E-state index in [0.717, 1.165) is 11.3 Å². The van der Waals surface area contributed by atoms with Crippen LogP contribution < -0.4 is 0 Å². The molecule has 0 bridgehead atoms. The first kappa shape index (κ1) is 16.1. The van der Waals surface area contributed by atoms with E-state index in [4.69, 9.17) is 11.6 Å². The van der Waals surface area contributed by atoms with Crippen LogP contribution in [-0.2, 0) is 0 Å². The molecule has 0 aliphatic rings. The summed E-state index contributed by atoms with van der Waals surface area (Å²) < 4.78 is 75.0. The molecule has 104 valence electrons. The number of alkyl halides is 7. The van der Waals surface area contributed by atoms with Crippen LogP contribution in [0.25, 0.3) is 0 Å². The fraction of sp³-hybridized carbons (Fsp3) is 0.556. The van der Waals surface area contributed by atoms with Gasteiger partial charge in [-0.1, -0.05) is 0 Å². The summed E-state index contributed by atoms with van der Waals surface area (Å²) in [5, 5.41) is -2.20. The Labute approximate surface area is 116 Å². The summed E-state index contributed by atoms with van der Waals surface area (Å²) in [5.74, 6) is -3.58. The Balaban J connectivity index is 3.19. The zero-order chi connectivity index (χ0) is 14.3. The summed E-state index contributed by atoms with van der Waals surface area (Å²) in [6, 6.07) is 1.43. The van der Waals surface area contributed by atoms with E-state index in [-0.39, 0.29) is 9.35 Å². The minimum Gasteiger partial charge on any atom is -0.170 e. The summed E-state index contributed by atoms with van der Waals surface area (Å²) in [5.41, 5.74) is 0. The average molecular weight is 376 g/mol. The zero-order valence-electron chi connectivity index (χ0n) is 8.66.